The van der Waals surface area contributed by atoms with Gasteiger partial charge in [-0.25, -0.2) is 0 Å². The van der Waals surface area contributed by atoms with E-state index < -0.39 is 13.6 Å². The molecule has 0 aromatic heterocycles. The first kappa shape index (κ1) is 23.1. The van der Waals surface area contributed by atoms with E-state index in [1.807, 2.05) is 91.0 Å². The average Bonchev–Trinajstić information content (AvgIpc) is 2.81. The Morgan fingerprint density at radius 2 is 1.19 bits per heavy atom. The maximum Gasteiger partial charge on any atom is 0.337 e. The van der Waals surface area contributed by atoms with Gasteiger partial charge in [-0.2, -0.15) is 0 Å². The van der Waals surface area contributed by atoms with E-state index in [2.05, 4.69) is 4.90 Å². The normalized spacial score (nSPS) is 12.6. The Labute approximate surface area is 184 Å². The van der Waals surface area contributed by atoms with Crippen LogP contribution in [0.4, 0.5) is 0 Å². The van der Waals surface area contributed by atoms with Gasteiger partial charge in [-0.1, -0.05) is 91.0 Å². The molecule has 0 N–H and O–H groups in total. The van der Waals surface area contributed by atoms with E-state index in [-0.39, 0.29) is 11.9 Å². The highest BCUT2D eigenvalue weighted by Crippen LogP contribution is 2.47. The molecule has 0 aliphatic rings. The van der Waals surface area contributed by atoms with Crippen LogP contribution >= 0.6 is 7.60 Å². The lowest BCUT2D eigenvalue weighted by Gasteiger charge is -2.32. The summed E-state index contributed by atoms with van der Waals surface area (Å²) in [5, 5.41) is 0. The first-order chi connectivity index (χ1) is 15.0. The standard InChI is InChI=1S/C25H28NO4P/c1-29-31(28,30-2)20-24(27)25(23-16-10-5-11-17-23)26(18-21-12-6-3-7-13-21)19-22-14-8-4-9-15-22/h3-17,25H,18-20H2,1-2H3/t25-/m0/s1. The van der Waals surface area contributed by atoms with Gasteiger partial charge in [0.2, 0.25) is 0 Å². The van der Waals surface area contributed by atoms with Crippen LogP contribution in [0, 0.1) is 0 Å². The Morgan fingerprint density at radius 1 is 0.774 bits per heavy atom. The summed E-state index contributed by atoms with van der Waals surface area (Å²) in [5.74, 6) is -0.204. The van der Waals surface area contributed by atoms with Crippen molar-refractivity contribution in [3.05, 3.63) is 108 Å². The molecular weight excluding hydrogens is 409 g/mol. The topological polar surface area (TPSA) is 55.8 Å². The Balaban J connectivity index is 2.01. The van der Waals surface area contributed by atoms with E-state index in [0.717, 1.165) is 16.7 Å². The number of rotatable bonds is 11. The zero-order valence-electron chi connectivity index (χ0n) is 17.9. The van der Waals surface area contributed by atoms with E-state index in [1.165, 1.54) is 14.2 Å². The Hall–Kier alpha value is -2.56. The van der Waals surface area contributed by atoms with E-state index in [1.54, 1.807) is 0 Å². The van der Waals surface area contributed by atoms with Crippen LogP contribution in [0.25, 0.3) is 0 Å². The Bertz CT molecular complexity index is 946. The quantitative estimate of drug-likeness (QED) is 0.372. The second-order valence-corrected chi connectivity index (χ2v) is 9.56. The molecule has 3 aromatic rings. The minimum absolute atomic E-state index is 0.204. The molecule has 1 atom stereocenters. The van der Waals surface area contributed by atoms with Gasteiger partial charge < -0.3 is 9.05 Å². The number of Topliss-reactive ketones (excluding diaryl/α,β-unsaturated/α-hetero) is 1. The minimum Gasteiger partial charge on any atom is -0.312 e. The molecule has 3 rings (SSSR count). The Kier molecular flexibility index (Phi) is 8.33. The highest BCUT2D eigenvalue weighted by Gasteiger charge is 2.34. The number of carbonyl (C=O) groups is 1. The maximum atomic E-state index is 13.5. The second kappa shape index (κ2) is 11.2. The summed E-state index contributed by atoms with van der Waals surface area (Å²) in [6.45, 7) is 1.12. The lowest BCUT2D eigenvalue weighted by atomic mass is 9.99. The molecule has 0 radical (unpaired) electrons. The van der Waals surface area contributed by atoms with E-state index in [4.69, 9.17) is 9.05 Å². The summed E-state index contributed by atoms with van der Waals surface area (Å²) in [6.07, 6.45) is -0.292. The lowest BCUT2D eigenvalue weighted by Crippen LogP contribution is -2.35. The number of hydrogen-bond donors (Lipinski definition) is 0. The molecule has 0 fully saturated rings. The third-order valence-electron chi connectivity index (χ3n) is 5.15. The fraction of sp³-hybridized carbons (Fsp3) is 0.240. The molecule has 0 saturated carbocycles. The van der Waals surface area contributed by atoms with Crippen molar-refractivity contribution in [1.82, 2.24) is 4.90 Å². The fourth-order valence-electron chi connectivity index (χ4n) is 3.59. The number of ketones is 1. The van der Waals surface area contributed by atoms with Crippen LogP contribution in [0.15, 0.2) is 91.0 Å². The van der Waals surface area contributed by atoms with Crippen LogP contribution in [-0.4, -0.2) is 31.1 Å². The monoisotopic (exact) mass is 437 g/mol. The highest BCUT2D eigenvalue weighted by molar-refractivity contribution is 7.54. The molecule has 0 bridgehead atoms. The van der Waals surface area contributed by atoms with Gasteiger partial charge in [-0.3, -0.25) is 14.3 Å². The molecule has 6 heteroatoms. The maximum absolute atomic E-state index is 13.5. The third kappa shape index (κ3) is 6.46. The van der Waals surface area contributed by atoms with Gasteiger partial charge in [0.15, 0.2) is 5.78 Å². The van der Waals surface area contributed by atoms with Crippen LogP contribution in [0.3, 0.4) is 0 Å². The van der Waals surface area contributed by atoms with Gasteiger partial charge in [0.1, 0.15) is 6.16 Å². The predicted molar refractivity (Wildman–Crippen MR) is 123 cm³/mol. The van der Waals surface area contributed by atoms with Crippen molar-refractivity contribution < 1.29 is 18.4 Å². The molecule has 0 aliphatic heterocycles. The summed E-state index contributed by atoms with van der Waals surface area (Å²) >= 11 is 0. The number of carbonyl (C=O) groups excluding carboxylic acids is 1. The lowest BCUT2D eigenvalue weighted by molar-refractivity contribution is -0.122. The summed E-state index contributed by atoms with van der Waals surface area (Å²) < 4.78 is 22.9. The van der Waals surface area contributed by atoms with Gasteiger partial charge >= 0.3 is 7.60 Å². The highest BCUT2D eigenvalue weighted by atomic mass is 31.2. The van der Waals surface area contributed by atoms with Gasteiger partial charge in [-0.05, 0) is 16.7 Å². The van der Waals surface area contributed by atoms with E-state index in [0.29, 0.717) is 13.1 Å². The molecule has 0 amide bonds. The van der Waals surface area contributed by atoms with Crippen molar-refractivity contribution in [2.24, 2.45) is 0 Å². The van der Waals surface area contributed by atoms with Crippen LogP contribution in [-0.2, 0) is 31.5 Å². The SMILES string of the molecule is COP(=O)(CC(=O)[C@H](c1ccccc1)N(Cc1ccccc1)Cc1ccccc1)OC. The van der Waals surface area contributed by atoms with Crippen molar-refractivity contribution in [2.45, 2.75) is 19.1 Å². The Morgan fingerprint density at radius 3 is 1.61 bits per heavy atom. The third-order valence-corrected chi connectivity index (χ3v) is 6.96. The first-order valence-corrected chi connectivity index (χ1v) is 11.9. The van der Waals surface area contributed by atoms with Gasteiger partial charge in [0, 0.05) is 27.3 Å². The van der Waals surface area contributed by atoms with Crippen LogP contribution in [0.1, 0.15) is 22.7 Å². The molecule has 5 nitrogen and oxygen atoms in total. The van der Waals surface area contributed by atoms with Gasteiger partial charge in [0.05, 0.1) is 6.04 Å². The van der Waals surface area contributed by atoms with Crippen molar-refractivity contribution in [1.29, 1.82) is 0 Å². The van der Waals surface area contributed by atoms with Crippen molar-refractivity contribution >= 4 is 13.4 Å². The van der Waals surface area contributed by atoms with Crippen LogP contribution in [0.5, 0.6) is 0 Å². The molecule has 162 valence electrons. The summed E-state index contributed by atoms with van der Waals surface area (Å²) in [5.41, 5.74) is 3.03. The van der Waals surface area contributed by atoms with Crippen LogP contribution < -0.4 is 0 Å². The molecule has 0 saturated heterocycles. The summed E-state index contributed by atoms with van der Waals surface area (Å²) in [4.78, 5) is 15.6. The molecule has 0 spiro atoms. The smallest absolute Gasteiger partial charge is 0.312 e. The van der Waals surface area contributed by atoms with E-state index >= 15 is 0 Å². The van der Waals surface area contributed by atoms with Gasteiger partial charge in [-0.15, -0.1) is 0 Å². The van der Waals surface area contributed by atoms with Crippen molar-refractivity contribution in [3.8, 4) is 0 Å². The number of nitrogens with zero attached hydrogens (tertiary/aromatic N) is 1. The number of hydrogen-bond acceptors (Lipinski definition) is 5. The molecule has 31 heavy (non-hydrogen) atoms. The largest absolute Gasteiger partial charge is 0.337 e. The fourth-order valence-corrected chi connectivity index (χ4v) is 4.55. The van der Waals surface area contributed by atoms with Crippen LogP contribution in [0.2, 0.25) is 0 Å². The minimum atomic E-state index is -3.49. The number of benzene rings is 3. The van der Waals surface area contributed by atoms with Crippen molar-refractivity contribution in [3.63, 3.8) is 0 Å². The molecular formula is C25H28NO4P. The van der Waals surface area contributed by atoms with E-state index in [9.17, 15) is 9.36 Å². The molecule has 0 aliphatic carbocycles. The predicted octanol–water partition coefficient (Wildman–Crippen LogP) is 5.49. The van der Waals surface area contributed by atoms with Gasteiger partial charge in [0.25, 0.3) is 0 Å². The first-order valence-electron chi connectivity index (χ1n) is 10.1. The zero-order valence-corrected chi connectivity index (χ0v) is 18.8. The molecule has 0 heterocycles. The summed E-state index contributed by atoms with van der Waals surface area (Å²) in [6, 6.07) is 29.0. The zero-order chi connectivity index (χ0) is 22.1. The average molecular weight is 437 g/mol. The molecule has 3 aromatic carbocycles. The summed E-state index contributed by atoms with van der Waals surface area (Å²) in [7, 11) is -0.880. The van der Waals surface area contributed by atoms with Crippen molar-refractivity contribution in [2.75, 3.05) is 20.4 Å². The molecule has 0 unspecified atom stereocenters. The second-order valence-electron chi connectivity index (χ2n) is 7.29.